The predicted octanol–water partition coefficient (Wildman–Crippen LogP) is 2.65. The van der Waals surface area contributed by atoms with E-state index in [1.807, 2.05) is 11.3 Å². The van der Waals surface area contributed by atoms with E-state index >= 15 is 0 Å². The quantitative estimate of drug-likeness (QED) is 0.796. The Labute approximate surface area is 87.1 Å². The molecule has 3 heteroatoms. The Morgan fingerprint density at radius 2 is 2.36 bits per heavy atom. The average Bonchev–Trinajstić information content (AvgIpc) is 2.65. The van der Waals surface area contributed by atoms with Crippen molar-refractivity contribution in [3.63, 3.8) is 0 Å². The van der Waals surface area contributed by atoms with Gasteiger partial charge in [0.1, 0.15) is 0 Å². The molecule has 0 radical (unpaired) electrons. The molecule has 0 unspecified atom stereocenters. The standard InChI is InChI=1S/C11H14N2S/c12-11(4-5-11)3-1-8-7-13-9-2-6-14-10(8)9/h2,6-7,13H,1,3-5,12H2. The van der Waals surface area contributed by atoms with Gasteiger partial charge < -0.3 is 10.7 Å². The molecule has 0 bridgehead atoms. The number of fused-ring (bicyclic) bond motifs is 1. The molecular weight excluding hydrogens is 192 g/mol. The lowest BCUT2D eigenvalue weighted by atomic mass is 10.1. The smallest absolute Gasteiger partial charge is 0.0566 e. The third-order valence-electron chi connectivity index (χ3n) is 3.14. The van der Waals surface area contributed by atoms with E-state index in [-0.39, 0.29) is 5.54 Å². The van der Waals surface area contributed by atoms with Gasteiger partial charge >= 0.3 is 0 Å². The van der Waals surface area contributed by atoms with Gasteiger partial charge in [0, 0.05) is 11.7 Å². The predicted molar refractivity (Wildman–Crippen MR) is 60.6 cm³/mol. The SMILES string of the molecule is NC1(CCc2c[nH]c3ccsc23)CC1. The van der Waals surface area contributed by atoms with Crippen LogP contribution < -0.4 is 5.73 Å². The van der Waals surface area contributed by atoms with Crippen LogP contribution in [-0.4, -0.2) is 10.5 Å². The summed E-state index contributed by atoms with van der Waals surface area (Å²) in [7, 11) is 0. The maximum absolute atomic E-state index is 6.08. The first-order chi connectivity index (χ1) is 6.77. The summed E-state index contributed by atoms with van der Waals surface area (Å²) in [6.45, 7) is 0. The fourth-order valence-electron chi connectivity index (χ4n) is 1.88. The van der Waals surface area contributed by atoms with Crippen LogP contribution in [0.25, 0.3) is 10.2 Å². The van der Waals surface area contributed by atoms with Crippen LogP contribution in [0.4, 0.5) is 0 Å². The lowest BCUT2D eigenvalue weighted by Gasteiger charge is -2.06. The highest BCUT2D eigenvalue weighted by atomic mass is 32.1. The van der Waals surface area contributed by atoms with Crippen molar-refractivity contribution >= 4 is 21.6 Å². The highest BCUT2D eigenvalue weighted by molar-refractivity contribution is 7.17. The van der Waals surface area contributed by atoms with Crippen molar-refractivity contribution < 1.29 is 0 Å². The van der Waals surface area contributed by atoms with Gasteiger partial charge in [0.05, 0.1) is 10.2 Å². The largest absolute Gasteiger partial charge is 0.360 e. The Morgan fingerprint density at radius 1 is 1.50 bits per heavy atom. The van der Waals surface area contributed by atoms with E-state index < -0.39 is 0 Å². The summed E-state index contributed by atoms with van der Waals surface area (Å²) >= 11 is 1.82. The van der Waals surface area contributed by atoms with Gasteiger partial charge in [0.15, 0.2) is 0 Å². The number of H-pyrrole nitrogens is 1. The average molecular weight is 206 g/mol. The molecule has 0 saturated heterocycles. The van der Waals surface area contributed by atoms with Crippen molar-refractivity contribution in [1.82, 2.24) is 4.98 Å². The number of aromatic nitrogens is 1. The summed E-state index contributed by atoms with van der Waals surface area (Å²) in [5.41, 5.74) is 8.96. The van der Waals surface area contributed by atoms with Gasteiger partial charge in [-0.1, -0.05) is 0 Å². The number of nitrogens with two attached hydrogens (primary N) is 1. The van der Waals surface area contributed by atoms with Crippen LogP contribution in [0.15, 0.2) is 17.6 Å². The number of thiophene rings is 1. The lowest BCUT2D eigenvalue weighted by molar-refractivity contribution is 0.611. The lowest BCUT2D eigenvalue weighted by Crippen LogP contribution is -2.21. The molecule has 0 atom stereocenters. The molecule has 0 amide bonds. The molecule has 74 valence electrons. The van der Waals surface area contributed by atoms with Crippen LogP contribution in [0.5, 0.6) is 0 Å². The zero-order chi connectivity index (χ0) is 9.60. The number of rotatable bonds is 3. The molecule has 3 N–H and O–H groups in total. The fourth-order valence-corrected chi connectivity index (χ4v) is 2.79. The van der Waals surface area contributed by atoms with E-state index in [0.717, 1.165) is 12.8 Å². The molecule has 1 saturated carbocycles. The normalized spacial score (nSPS) is 18.9. The monoisotopic (exact) mass is 206 g/mol. The van der Waals surface area contributed by atoms with E-state index in [0.29, 0.717) is 0 Å². The van der Waals surface area contributed by atoms with E-state index in [2.05, 4.69) is 22.6 Å². The number of hydrogen-bond acceptors (Lipinski definition) is 2. The van der Waals surface area contributed by atoms with E-state index in [4.69, 9.17) is 5.73 Å². The summed E-state index contributed by atoms with van der Waals surface area (Å²) in [6.07, 6.45) is 6.82. The Kier molecular flexibility index (Phi) is 1.73. The first kappa shape index (κ1) is 8.50. The molecule has 1 fully saturated rings. The first-order valence-electron chi connectivity index (χ1n) is 5.09. The zero-order valence-corrected chi connectivity index (χ0v) is 8.86. The Hall–Kier alpha value is -0.800. The second-order valence-corrected chi connectivity index (χ2v) is 5.26. The van der Waals surface area contributed by atoms with Crippen LogP contribution in [0.2, 0.25) is 0 Å². The molecule has 14 heavy (non-hydrogen) atoms. The topological polar surface area (TPSA) is 41.8 Å². The second-order valence-electron chi connectivity index (χ2n) is 4.34. The minimum absolute atomic E-state index is 0.181. The third kappa shape index (κ3) is 1.37. The van der Waals surface area contributed by atoms with Crippen LogP contribution in [0.3, 0.4) is 0 Å². The second kappa shape index (κ2) is 2.84. The van der Waals surface area contributed by atoms with E-state index in [1.54, 1.807) is 0 Å². The van der Waals surface area contributed by atoms with Crippen LogP contribution in [0, 0.1) is 0 Å². The van der Waals surface area contributed by atoms with Crippen molar-refractivity contribution in [3.05, 3.63) is 23.2 Å². The van der Waals surface area contributed by atoms with Crippen molar-refractivity contribution in [3.8, 4) is 0 Å². The maximum Gasteiger partial charge on any atom is 0.0566 e. The molecule has 2 heterocycles. The molecule has 2 aromatic rings. The van der Waals surface area contributed by atoms with Gasteiger partial charge in [-0.2, -0.15) is 0 Å². The van der Waals surface area contributed by atoms with Gasteiger partial charge in [0.2, 0.25) is 0 Å². The Morgan fingerprint density at radius 3 is 3.14 bits per heavy atom. The third-order valence-corrected chi connectivity index (χ3v) is 4.13. The highest BCUT2D eigenvalue weighted by Crippen LogP contribution is 2.37. The fraction of sp³-hybridized carbons (Fsp3) is 0.455. The number of nitrogens with one attached hydrogen (secondary N) is 1. The molecular formula is C11H14N2S. The summed E-state index contributed by atoms with van der Waals surface area (Å²) in [5, 5.41) is 2.14. The van der Waals surface area contributed by atoms with E-state index in [1.165, 1.54) is 28.6 Å². The van der Waals surface area contributed by atoms with Gasteiger partial charge in [-0.15, -0.1) is 11.3 Å². The minimum atomic E-state index is 0.181. The minimum Gasteiger partial charge on any atom is -0.360 e. The maximum atomic E-state index is 6.08. The number of aryl methyl sites for hydroxylation is 1. The summed E-state index contributed by atoms with van der Waals surface area (Å²) in [6, 6.07) is 2.14. The summed E-state index contributed by atoms with van der Waals surface area (Å²) < 4.78 is 1.41. The molecule has 0 aliphatic heterocycles. The Bertz CT molecular complexity index is 450. The molecule has 0 aromatic carbocycles. The summed E-state index contributed by atoms with van der Waals surface area (Å²) in [5.74, 6) is 0. The van der Waals surface area contributed by atoms with Crippen molar-refractivity contribution in [2.75, 3.05) is 0 Å². The van der Waals surface area contributed by atoms with Crippen molar-refractivity contribution in [2.24, 2.45) is 5.73 Å². The first-order valence-corrected chi connectivity index (χ1v) is 5.97. The van der Waals surface area contributed by atoms with E-state index in [9.17, 15) is 0 Å². The molecule has 2 nitrogen and oxygen atoms in total. The molecule has 3 rings (SSSR count). The van der Waals surface area contributed by atoms with Gasteiger partial charge in [-0.05, 0) is 42.7 Å². The molecule has 1 aliphatic carbocycles. The van der Waals surface area contributed by atoms with Gasteiger partial charge in [-0.3, -0.25) is 0 Å². The number of hydrogen-bond donors (Lipinski definition) is 2. The zero-order valence-electron chi connectivity index (χ0n) is 8.05. The molecule has 2 aromatic heterocycles. The van der Waals surface area contributed by atoms with Gasteiger partial charge in [0.25, 0.3) is 0 Å². The van der Waals surface area contributed by atoms with Crippen molar-refractivity contribution in [2.45, 2.75) is 31.2 Å². The summed E-state index contributed by atoms with van der Waals surface area (Å²) in [4.78, 5) is 3.29. The highest BCUT2D eigenvalue weighted by Gasteiger charge is 2.37. The van der Waals surface area contributed by atoms with Crippen LogP contribution in [0.1, 0.15) is 24.8 Å². The van der Waals surface area contributed by atoms with Crippen LogP contribution >= 0.6 is 11.3 Å². The number of aromatic amines is 1. The van der Waals surface area contributed by atoms with Gasteiger partial charge in [-0.25, -0.2) is 0 Å². The molecule has 1 aliphatic rings. The molecule has 0 spiro atoms. The van der Waals surface area contributed by atoms with Crippen LogP contribution in [-0.2, 0) is 6.42 Å². The Balaban J connectivity index is 1.81. The van der Waals surface area contributed by atoms with Crippen molar-refractivity contribution in [1.29, 1.82) is 0 Å².